The first-order valence-corrected chi connectivity index (χ1v) is 3.25. The first-order chi connectivity index (χ1) is 4.36. The summed E-state index contributed by atoms with van der Waals surface area (Å²) in [4.78, 5) is 0. The van der Waals surface area contributed by atoms with Crippen LogP contribution in [-0.4, -0.2) is 25.8 Å². The molecule has 0 bridgehead atoms. The molecule has 0 spiro atoms. The van der Waals surface area contributed by atoms with Gasteiger partial charge < -0.3 is 10.1 Å². The largest absolute Gasteiger partial charge is 0.380 e. The summed E-state index contributed by atoms with van der Waals surface area (Å²) in [6.45, 7) is 4.66. The Morgan fingerprint density at radius 1 is 1.78 bits per heavy atom. The van der Waals surface area contributed by atoms with Gasteiger partial charge in [-0.2, -0.15) is 0 Å². The second-order valence-corrected chi connectivity index (χ2v) is 2.34. The van der Waals surface area contributed by atoms with Gasteiger partial charge in [-0.15, -0.1) is 6.58 Å². The Balaban J connectivity index is 2.28. The molecule has 0 aromatic rings. The van der Waals surface area contributed by atoms with Gasteiger partial charge in [0.25, 0.3) is 0 Å². The fraction of sp³-hybridized carbons (Fsp3) is 0.714. The molecule has 2 heteroatoms. The minimum absolute atomic E-state index is 0.396. The number of hydrogen-bond donors (Lipinski definition) is 1. The summed E-state index contributed by atoms with van der Waals surface area (Å²) in [7, 11) is 1.75. The van der Waals surface area contributed by atoms with Crippen molar-refractivity contribution < 1.29 is 4.74 Å². The quantitative estimate of drug-likeness (QED) is 0.547. The van der Waals surface area contributed by atoms with Crippen molar-refractivity contribution in [3.8, 4) is 0 Å². The minimum atomic E-state index is 0.396. The molecule has 0 radical (unpaired) electrons. The van der Waals surface area contributed by atoms with E-state index in [1.807, 2.05) is 6.08 Å². The Hall–Kier alpha value is -0.340. The average Bonchev–Trinajstić information content (AvgIpc) is 2.34. The van der Waals surface area contributed by atoms with Crippen molar-refractivity contribution in [1.29, 1.82) is 0 Å². The predicted molar refractivity (Wildman–Crippen MR) is 37.4 cm³/mol. The van der Waals surface area contributed by atoms with Crippen LogP contribution in [0.25, 0.3) is 0 Å². The zero-order chi connectivity index (χ0) is 6.69. The molecule has 1 rings (SSSR count). The number of nitrogens with one attached hydrogen (secondary N) is 1. The second kappa shape index (κ2) is 2.99. The molecule has 0 aromatic carbocycles. The Bertz CT molecular complexity index is 103. The van der Waals surface area contributed by atoms with Crippen molar-refractivity contribution in [2.45, 2.75) is 18.6 Å². The van der Waals surface area contributed by atoms with Crippen molar-refractivity contribution in [3.63, 3.8) is 0 Å². The second-order valence-electron chi connectivity index (χ2n) is 2.34. The zero-order valence-corrected chi connectivity index (χ0v) is 5.76. The molecule has 0 saturated carbocycles. The van der Waals surface area contributed by atoms with E-state index >= 15 is 0 Å². The summed E-state index contributed by atoms with van der Waals surface area (Å²) in [6, 6.07) is 0.468. The molecule has 0 aromatic heterocycles. The molecule has 52 valence electrons. The van der Waals surface area contributed by atoms with E-state index in [9.17, 15) is 0 Å². The van der Waals surface area contributed by atoms with Gasteiger partial charge in [0.2, 0.25) is 0 Å². The SMILES string of the molecule is C=CC1CC(OC)CN1. The highest BCUT2D eigenvalue weighted by Crippen LogP contribution is 2.08. The summed E-state index contributed by atoms with van der Waals surface area (Å²) in [5.74, 6) is 0. The summed E-state index contributed by atoms with van der Waals surface area (Å²) < 4.78 is 5.13. The average molecular weight is 127 g/mol. The van der Waals surface area contributed by atoms with E-state index in [4.69, 9.17) is 4.74 Å². The molecule has 1 saturated heterocycles. The summed E-state index contributed by atoms with van der Waals surface area (Å²) in [5.41, 5.74) is 0. The highest BCUT2D eigenvalue weighted by Gasteiger charge is 2.20. The monoisotopic (exact) mass is 127 g/mol. The van der Waals surface area contributed by atoms with Crippen LogP contribution in [0.3, 0.4) is 0 Å². The molecule has 1 aliphatic rings. The van der Waals surface area contributed by atoms with E-state index in [1.54, 1.807) is 7.11 Å². The molecule has 0 aliphatic carbocycles. The molecular weight excluding hydrogens is 114 g/mol. The van der Waals surface area contributed by atoms with E-state index in [0.717, 1.165) is 13.0 Å². The van der Waals surface area contributed by atoms with Crippen molar-refractivity contribution in [2.75, 3.05) is 13.7 Å². The maximum Gasteiger partial charge on any atom is 0.0713 e. The molecule has 2 nitrogen and oxygen atoms in total. The van der Waals surface area contributed by atoms with Crippen LogP contribution < -0.4 is 5.32 Å². The summed E-state index contributed by atoms with van der Waals surface area (Å²) in [5, 5.41) is 3.26. The Morgan fingerprint density at radius 2 is 2.56 bits per heavy atom. The van der Waals surface area contributed by atoms with Crippen LogP contribution in [0.2, 0.25) is 0 Å². The van der Waals surface area contributed by atoms with E-state index in [-0.39, 0.29) is 0 Å². The van der Waals surface area contributed by atoms with Gasteiger partial charge in [-0.3, -0.25) is 0 Å². The van der Waals surface area contributed by atoms with E-state index < -0.39 is 0 Å². The number of hydrogen-bond acceptors (Lipinski definition) is 2. The number of rotatable bonds is 2. The lowest BCUT2D eigenvalue weighted by molar-refractivity contribution is 0.118. The molecule has 1 N–H and O–H groups in total. The first kappa shape index (κ1) is 6.78. The fourth-order valence-corrected chi connectivity index (χ4v) is 1.09. The molecule has 0 amide bonds. The maximum atomic E-state index is 5.13. The Kier molecular flexibility index (Phi) is 2.25. The predicted octanol–water partition coefficient (Wildman–Crippen LogP) is 0.549. The van der Waals surface area contributed by atoms with Crippen molar-refractivity contribution >= 4 is 0 Å². The van der Waals surface area contributed by atoms with Crippen LogP contribution >= 0.6 is 0 Å². The lowest BCUT2D eigenvalue weighted by Gasteiger charge is -2.03. The van der Waals surface area contributed by atoms with Gasteiger partial charge in [0, 0.05) is 19.7 Å². The summed E-state index contributed by atoms with van der Waals surface area (Å²) >= 11 is 0. The lowest BCUT2D eigenvalue weighted by Crippen LogP contribution is -2.18. The molecule has 1 fully saturated rings. The molecule has 1 heterocycles. The summed E-state index contributed by atoms with van der Waals surface area (Å²) in [6.07, 6.45) is 3.40. The normalized spacial score (nSPS) is 34.8. The van der Waals surface area contributed by atoms with Gasteiger partial charge in [-0.1, -0.05) is 6.08 Å². The van der Waals surface area contributed by atoms with Gasteiger partial charge in [0.1, 0.15) is 0 Å². The molecular formula is C7H13NO. The zero-order valence-electron chi connectivity index (χ0n) is 5.76. The Labute approximate surface area is 55.9 Å². The minimum Gasteiger partial charge on any atom is -0.380 e. The van der Waals surface area contributed by atoms with Crippen LogP contribution in [0.5, 0.6) is 0 Å². The maximum absolute atomic E-state index is 5.13. The van der Waals surface area contributed by atoms with Crippen LogP contribution in [0.1, 0.15) is 6.42 Å². The third-order valence-electron chi connectivity index (χ3n) is 1.74. The molecule has 1 aliphatic heterocycles. The highest BCUT2D eigenvalue weighted by molar-refractivity contribution is 4.93. The van der Waals surface area contributed by atoms with E-state index in [1.165, 1.54) is 0 Å². The van der Waals surface area contributed by atoms with Gasteiger partial charge in [0.05, 0.1) is 6.10 Å². The van der Waals surface area contributed by atoms with Crippen LogP contribution in [0, 0.1) is 0 Å². The highest BCUT2D eigenvalue weighted by atomic mass is 16.5. The van der Waals surface area contributed by atoms with E-state index in [2.05, 4.69) is 11.9 Å². The van der Waals surface area contributed by atoms with Gasteiger partial charge in [-0.05, 0) is 6.42 Å². The van der Waals surface area contributed by atoms with Crippen LogP contribution in [0.4, 0.5) is 0 Å². The Morgan fingerprint density at radius 3 is 2.89 bits per heavy atom. The van der Waals surface area contributed by atoms with Gasteiger partial charge in [0.15, 0.2) is 0 Å². The van der Waals surface area contributed by atoms with Gasteiger partial charge in [-0.25, -0.2) is 0 Å². The lowest BCUT2D eigenvalue weighted by atomic mass is 10.2. The topological polar surface area (TPSA) is 21.3 Å². The molecule has 2 unspecified atom stereocenters. The van der Waals surface area contributed by atoms with Crippen molar-refractivity contribution in [2.24, 2.45) is 0 Å². The molecule has 9 heavy (non-hydrogen) atoms. The first-order valence-electron chi connectivity index (χ1n) is 3.25. The standard InChI is InChI=1S/C7H13NO/c1-3-6-4-7(9-2)5-8-6/h3,6-8H,1,4-5H2,2H3. The van der Waals surface area contributed by atoms with Gasteiger partial charge >= 0.3 is 0 Å². The van der Waals surface area contributed by atoms with E-state index in [0.29, 0.717) is 12.1 Å². The smallest absolute Gasteiger partial charge is 0.0713 e. The van der Waals surface area contributed by atoms with Crippen LogP contribution in [-0.2, 0) is 4.74 Å². The van der Waals surface area contributed by atoms with Crippen molar-refractivity contribution in [1.82, 2.24) is 5.32 Å². The third kappa shape index (κ3) is 1.53. The molecule has 2 atom stereocenters. The number of methoxy groups -OCH3 is 1. The number of ether oxygens (including phenoxy) is 1. The van der Waals surface area contributed by atoms with Crippen LogP contribution in [0.15, 0.2) is 12.7 Å². The van der Waals surface area contributed by atoms with Crippen molar-refractivity contribution in [3.05, 3.63) is 12.7 Å². The fourth-order valence-electron chi connectivity index (χ4n) is 1.09. The third-order valence-corrected chi connectivity index (χ3v) is 1.74.